The van der Waals surface area contributed by atoms with E-state index in [0.29, 0.717) is 0 Å². The third-order valence-corrected chi connectivity index (χ3v) is 7.16. The molecular weight excluding hydrogens is 397 g/mol. The van der Waals surface area contributed by atoms with Crippen molar-refractivity contribution in [1.82, 2.24) is 0 Å². The second-order valence-electron chi connectivity index (χ2n) is 5.09. The molecular formula is C20H22N2S4. The van der Waals surface area contributed by atoms with Crippen LogP contribution in [0.3, 0.4) is 0 Å². The molecule has 0 unspecified atom stereocenters. The molecule has 2 rings (SSSR count). The first kappa shape index (κ1) is 21.2. The van der Waals surface area contributed by atoms with Gasteiger partial charge in [0.1, 0.15) is 8.75 Å². The molecule has 0 aliphatic heterocycles. The Labute approximate surface area is 173 Å². The summed E-state index contributed by atoms with van der Waals surface area (Å²) in [6.45, 7) is 0. The lowest BCUT2D eigenvalue weighted by molar-refractivity contribution is 1.53. The smallest absolute Gasteiger partial charge is 0.130 e. The molecule has 0 amide bonds. The second-order valence-corrected chi connectivity index (χ2v) is 8.78. The normalized spacial score (nSPS) is 10.8. The summed E-state index contributed by atoms with van der Waals surface area (Å²) in [5.41, 5.74) is 4.30. The predicted octanol–water partition coefficient (Wildman–Crippen LogP) is 7.28. The third kappa shape index (κ3) is 6.91. The number of aliphatic imine (C=N–C) groups is 2. The van der Waals surface area contributed by atoms with Crippen LogP contribution in [-0.4, -0.2) is 33.8 Å². The fourth-order valence-electron chi connectivity index (χ4n) is 2.07. The topological polar surface area (TPSA) is 24.7 Å². The Morgan fingerprint density at radius 3 is 1.15 bits per heavy atom. The predicted molar refractivity (Wildman–Crippen MR) is 130 cm³/mol. The van der Waals surface area contributed by atoms with Gasteiger partial charge in [-0.3, -0.25) is 0 Å². The minimum absolute atomic E-state index is 0.987. The lowest BCUT2D eigenvalue weighted by Crippen LogP contribution is -1.81. The summed E-state index contributed by atoms with van der Waals surface area (Å²) in [6.07, 6.45) is 12.4. The molecule has 136 valence electrons. The summed E-state index contributed by atoms with van der Waals surface area (Å²) in [6, 6.07) is 16.6. The van der Waals surface area contributed by atoms with Gasteiger partial charge in [-0.25, -0.2) is 9.98 Å². The van der Waals surface area contributed by atoms with E-state index in [1.54, 1.807) is 47.0 Å². The number of hydrogen-bond donors (Lipinski definition) is 0. The summed E-state index contributed by atoms with van der Waals surface area (Å²) in [7, 11) is 0. The van der Waals surface area contributed by atoms with Crippen LogP contribution in [0.25, 0.3) is 12.2 Å². The lowest BCUT2D eigenvalue weighted by atomic mass is 10.1. The van der Waals surface area contributed by atoms with Gasteiger partial charge in [0.05, 0.1) is 11.4 Å². The first-order valence-corrected chi connectivity index (χ1v) is 12.8. The third-order valence-electron chi connectivity index (χ3n) is 3.39. The quantitative estimate of drug-likeness (QED) is 0.296. The van der Waals surface area contributed by atoms with Crippen LogP contribution in [0.2, 0.25) is 0 Å². The van der Waals surface area contributed by atoms with Gasteiger partial charge in [-0.15, -0.1) is 47.0 Å². The molecule has 2 aromatic carbocycles. The van der Waals surface area contributed by atoms with Gasteiger partial charge in [-0.2, -0.15) is 0 Å². The summed E-state index contributed by atoms with van der Waals surface area (Å²) < 4.78 is 2.14. The molecule has 0 saturated heterocycles. The molecule has 2 nitrogen and oxygen atoms in total. The zero-order valence-corrected chi connectivity index (χ0v) is 18.6. The second kappa shape index (κ2) is 11.6. The number of thioether (sulfide) groups is 4. The van der Waals surface area contributed by atoms with Gasteiger partial charge in [0, 0.05) is 0 Å². The van der Waals surface area contributed by atoms with Crippen molar-refractivity contribution in [2.45, 2.75) is 0 Å². The summed E-state index contributed by atoms with van der Waals surface area (Å²) >= 11 is 6.68. The highest BCUT2D eigenvalue weighted by atomic mass is 32.2. The highest BCUT2D eigenvalue weighted by molar-refractivity contribution is 8.38. The molecule has 0 heterocycles. The molecule has 0 spiro atoms. The molecule has 2 aromatic rings. The van der Waals surface area contributed by atoms with E-state index in [9.17, 15) is 0 Å². The van der Waals surface area contributed by atoms with E-state index >= 15 is 0 Å². The molecule has 0 aliphatic rings. The lowest BCUT2D eigenvalue weighted by Gasteiger charge is -2.01. The van der Waals surface area contributed by atoms with Crippen molar-refractivity contribution >= 4 is 79.3 Å². The molecule has 0 radical (unpaired) electrons. The molecule has 0 saturated carbocycles. The Bertz CT molecular complexity index is 699. The fraction of sp³-hybridized carbons (Fsp3) is 0.200. The number of benzene rings is 2. The zero-order valence-electron chi connectivity index (χ0n) is 15.3. The zero-order chi connectivity index (χ0) is 18.8. The number of hydrogen-bond acceptors (Lipinski definition) is 6. The van der Waals surface area contributed by atoms with Crippen molar-refractivity contribution < 1.29 is 0 Å². The van der Waals surface area contributed by atoms with E-state index < -0.39 is 0 Å². The summed E-state index contributed by atoms with van der Waals surface area (Å²) in [5, 5.41) is 0. The van der Waals surface area contributed by atoms with E-state index in [-0.39, 0.29) is 0 Å². The molecule has 0 aromatic heterocycles. The van der Waals surface area contributed by atoms with Gasteiger partial charge >= 0.3 is 0 Å². The first-order chi connectivity index (χ1) is 12.7. The van der Waals surface area contributed by atoms with Crippen LogP contribution in [0.4, 0.5) is 11.4 Å². The van der Waals surface area contributed by atoms with E-state index in [1.165, 1.54) is 0 Å². The van der Waals surface area contributed by atoms with Gasteiger partial charge in [0.25, 0.3) is 0 Å². The first-order valence-electron chi connectivity index (χ1n) is 7.90. The Hall–Kier alpha value is -1.08. The van der Waals surface area contributed by atoms with Crippen LogP contribution in [0.15, 0.2) is 58.5 Å². The summed E-state index contributed by atoms with van der Waals surface area (Å²) in [4.78, 5) is 9.21. The SMILES string of the molecule is CSC(=Nc1ccc(/C=C/c2ccc(N=C(SC)SC)cc2)cc1)SC. The molecule has 0 bridgehead atoms. The molecule has 0 aliphatic carbocycles. The maximum atomic E-state index is 4.60. The maximum absolute atomic E-state index is 4.60. The van der Waals surface area contributed by atoms with Gasteiger partial charge < -0.3 is 0 Å². The van der Waals surface area contributed by atoms with E-state index in [2.05, 4.69) is 70.7 Å². The minimum atomic E-state index is 0.987. The average molecular weight is 419 g/mol. The molecule has 26 heavy (non-hydrogen) atoms. The monoisotopic (exact) mass is 418 g/mol. The van der Waals surface area contributed by atoms with Crippen molar-refractivity contribution in [1.29, 1.82) is 0 Å². The van der Waals surface area contributed by atoms with E-state index in [4.69, 9.17) is 0 Å². The van der Waals surface area contributed by atoms with Crippen molar-refractivity contribution in [2.75, 3.05) is 25.0 Å². The highest BCUT2D eigenvalue weighted by Gasteiger charge is 1.97. The van der Waals surface area contributed by atoms with Crippen LogP contribution >= 0.6 is 47.0 Å². The van der Waals surface area contributed by atoms with E-state index in [1.807, 2.05) is 25.0 Å². The van der Waals surface area contributed by atoms with Crippen LogP contribution in [0.1, 0.15) is 11.1 Å². The standard InChI is InChI=1S/C20H22N2S4/c1-23-19(24-2)21-17-11-7-15(8-12-17)5-6-16-9-13-18(14-10-16)22-20(25-3)26-4/h5-14H,1-4H3/b6-5+. The van der Waals surface area contributed by atoms with Crippen LogP contribution < -0.4 is 0 Å². The van der Waals surface area contributed by atoms with Crippen molar-refractivity contribution in [3.05, 3.63) is 59.7 Å². The Morgan fingerprint density at radius 1 is 0.577 bits per heavy atom. The Morgan fingerprint density at radius 2 is 0.885 bits per heavy atom. The van der Waals surface area contributed by atoms with Crippen LogP contribution in [0.5, 0.6) is 0 Å². The minimum Gasteiger partial charge on any atom is -0.235 e. The van der Waals surface area contributed by atoms with Gasteiger partial charge in [0.15, 0.2) is 0 Å². The van der Waals surface area contributed by atoms with E-state index in [0.717, 1.165) is 31.3 Å². The summed E-state index contributed by atoms with van der Waals surface area (Å²) in [5.74, 6) is 0. The van der Waals surface area contributed by atoms with Crippen molar-refractivity contribution in [3.63, 3.8) is 0 Å². The van der Waals surface area contributed by atoms with Gasteiger partial charge in [0.2, 0.25) is 0 Å². The Balaban J connectivity index is 2.05. The highest BCUT2D eigenvalue weighted by Crippen LogP contribution is 2.22. The Kier molecular flexibility index (Phi) is 9.46. The van der Waals surface area contributed by atoms with Crippen molar-refractivity contribution in [3.8, 4) is 0 Å². The van der Waals surface area contributed by atoms with Crippen molar-refractivity contribution in [2.24, 2.45) is 9.98 Å². The van der Waals surface area contributed by atoms with Gasteiger partial charge in [-0.1, -0.05) is 36.4 Å². The van der Waals surface area contributed by atoms with Crippen LogP contribution in [-0.2, 0) is 0 Å². The molecule has 6 heteroatoms. The van der Waals surface area contributed by atoms with Gasteiger partial charge in [-0.05, 0) is 60.4 Å². The molecule has 0 N–H and O–H groups in total. The average Bonchev–Trinajstić information content (AvgIpc) is 2.70. The largest absolute Gasteiger partial charge is 0.235 e. The number of nitrogens with zero attached hydrogens (tertiary/aromatic N) is 2. The molecule has 0 fully saturated rings. The fourth-order valence-corrected chi connectivity index (χ4v) is 4.19. The van der Waals surface area contributed by atoms with Crippen LogP contribution in [0, 0.1) is 0 Å². The number of rotatable bonds is 4. The maximum Gasteiger partial charge on any atom is 0.130 e. The molecule has 0 atom stereocenters.